The maximum atomic E-state index is 13.3. The minimum Gasteiger partial charge on any atom is -0.395 e. The molecule has 13 heteroatoms. The average Bonchev–Trinajstić information content (AvgIpc) is 3.25. The van der Waals surface area contributed by atoms with Crippen molar-refractivity contribution >= 4 is 38.9 Å². The third-order valence-corrected chi connectivity index (χ3v) is 7.36. The van der Waals surface area contributed by atoms with Crippen LogP contribution in [0.2, 0.25) is 0 Å². The van der Waals surface area contributed by atoms with Crippen LogP contribution in [0.4, 0.5) is 9.52 Å². The first-order chi connectivity index (χ1) is 16.3. The summed E-state index contributed by atoms with van der Waals surface area (Å²) in [6, 6.07) is 11.4. The number of carbonyl (C=O) groups is 1. The molecule has 0 aliphatic heterocycles. The van der Waals surface area contributed by atoms with Crippen molar-refractivity contribution in [2.75, 3.05) is 25.0 Å². The van der Waals surface area contributed by atoms with E-state index in [0.29, 0.717) is 34.0 Å². The van der Waals surface area contributed by atoms with Crippen molar-refractivity contribution in [1.82, 2.24) is 14.3 Å². The van der Waals surface area contributed by atoms with E-state index in [1.165, 1.54) is 28.6 Å². The summed E-state index contributed by atoms with van der Waals surface area (Å²) < 4.78 is 33.9. The summed E-state index contributed by atoms with van der Waals surface area (Å²) in [5.74, 6) is -0.674. The van der Waals surface area contributed by atoms with Crippen molar-refractivity contribution in [3.8, 4) is 0 Å². The number of carbonyl (C=O) groups excluding carboxylic acids is 1. The second-order valence-electron chi connectivity index (χ2n) is 6.78. The minimum atomic E-state index is -3.08. The van der Waals surface area contributed by atoms with Gasteiger partial charge in [0.05, 0.1) is 18.5 Å². The molecule has 3 aromatic rings. The van der Waals surface area contributed by atoms with Gasteiger partial charge in [-0.15, -0.1) is 0 Å². The Balaban J connectivity index is 1.85. The number of aliphatic hydroxyl groups is 1. The molecule has 1 amide bonds. The summed E-state index contributed by atoms with van der Waals surface area (Å²) in [5.41, 5.74) is 0.846. The Morgan fingerprint density at radius 1 is 1.29 bits per heavy atom. The Hall–Kier alpha value is -2.94. The lowest BCUT2D eigenvalue weighted by Crippen LogP contribution is -2.30. The highest BCUT2D eigenvalue weighted by Crippen LogP contribution is 2.51. The predicted octanol–water partition coefficient (Wildman–Crippen LogP) is 2.74. The number of halogens is 1. The van der Waals surface area contributed by atoms with Gasteiger partial charge in [-0.3, -0.25) is 15.1 Å². The molecule has 0 radical (unpaired) electrons. The van der Waals surface area contributed by atoms with Gasteiger partial charge in [-0.1, -0.05) is 41.6 Å². The van der Waals surface area contributed by atoms with Crippen LogP contribution in [0.15, 0.2) is 64.9 Å². The first-order valence-corrected chi connectivity index (χ1v) is 12.5. The summed E-state index contributed by atoms with van der Waals surface area (Å²) in [7, 11) is -3.08. The van der Waals surface area contributed by atoms with Crippen LogP contribution in [0.25, 0.3) is 0 Å². The van der Waals surface area contributed by atoms with Crippen molar-refractivity contribution in [2.45, 2.75) is 18.4 Å². The number of anilines is 1. The number of pyridine rings is 1. The first kappa shape index (κ1) is 25.7. The molecule has 0 aliphatic carbocycles. The van der Waals surface area contributed by atoms with Gasteiger partial charge < -0.3 is 14.5 Å². The van der Waals surface area contributed by atoms with Crippen LogP contribution in [0, 0.1) is 5.13 Å². The van der Waals surface area contributed by atoms with E-state index in [4.69, 9.17) is 9.39 Å². The van der Waals surface area contributed by atoms with Crippen LogP contribution in [0.5, 0.6) is 0 Å². The van der Waals surface area contributed by atoms with Crippen molar-refractivity contribution < 1.29 is 28.2 Å². The van der Waals surface area contributed by atoms with Gasteiger partial charge in [0.15, 0.2) is 22.6 Å². The Morgan fingerprint density at radius 3 is 2.65 bits per heavy atom. The Kier molecular flexibility index (Phi) is 9.04. The SMILES string of the molecule is CCN(CCO)S(O)([OH2+])c1ccc(/C(=N\OCc2ccccn2)C(=O)Nc2ncc(F)s2)cc1. The van der Waals surface area contributed by atoms with E-state index in [1.807, 2.05) is 0 Å². The van der Waals surface area contributed by atoms with Crippen LogP contribution >= 0.6 is 22.1 Å². The average molecular weight is 511 g/mol. The lowest BCUT2D eigenvalue weighted by molar-refractivity contribution is -0.110. The molecule has 0 saturated carbocycles. The molecule has 0 fully saturated rings. The number of likely N-dealkylation sites (N-methyl/N-ethyl adjacent to an activating group) is 1. The van der Waals surface area contributed by atoms with Crippen molar-refractivity contribution in [3.05, 3.63) is 71.2 Å². The largest absolute Gasteiger partial charge is 0.395 e. The lowest BCUT2D eigenvalue weighted by atomic mass is 10.1. The zero-order valence-electron chi connectivity index (χ0n) is 18.2. The van der Waals surface area contributed by atoms with Crippen molar-refractivity contribution in [2.24, 2.45) is 5.16 Å². The fourth-order valence-electron chi connectivity index (χ4n) is 2.88. The molecule has 0 aliphatic rings. The number of hydrogen-bond acceptors (Lipinski definition) is 9. The third kappa shape index (κ3) is 6.56. The van der Waals surface area contributed by atoms with E-state index in [2.05, 4.69) is 20.4 Å². The monoisotopic (exact) mass is 510 g/mol. The third-order valence-electron chi connectivity index (χ3n) is 4.54. The molecule has 182 valence electrons. The molecule has 3 rings (SSSR count). The van der Waals surface area contributed by atoms with Crippen LogP contribution in [-0.4, -0.2) is 59.8 Å². The molecule has 1 unspecified atom stereocenters. The molecule has 0 bridgehead atoms. The molecule has 10 nitrogen and oxygen atoms in total. The van der Waals surface area contributed by atoms with Gasteiger partial charge in [0.25, 0.3) is 5.91 Å². The quantitative estimate of drug-likeness (QED) is 0.204. The van der Waals surface area contributed by atoms with E-state index in [-0.39, 0.29) is 30.6 Å². The molecule has 2 aromatic heterocycles. The fraction of sp³-hybridized carbons (Fsp3) is 0.238. The number of hydrogen-bond donors (Lipinski definition) is 3. The normalized spacial score (nSPS) is 14.5. The standard InChI is InChI=1S/C21H24FN5O5S2/c1-2-27(11-12-28)34(30,31)17-8-6-15(7-9-17)19(20(29)25-21-24-13-18(22)33-21)26-32-14-16-5-3-4-10-23-16/h3-10,13,28,30-31H,2,11-12,14H2,1H3,(H,24,25,29)/p+1/b26-19+. The van der Waals surface area contributed by atoms with Gasteiger partial charge in [-0.05, 0) is 35.0 Å². The van der Waals surface area contributed by atoms with Crippen LogP contribution in [0.3, 0.4) is 0 Å². The molecule has 0 spiro atoms. The van der Waals surface area contributed by atoms with Gasteiger partial charge in [-0.25, -0.2) is 9.54 Å². The molecular formula is C21H25FN5O5S2+. The zero-order valence-corrected chi connectivity index (χ0v) is 19.9. The highest BCUT2D eigenvalue weighted by atomic mass is 32.3. The first-order valence-electron chi connectivity index (χ1n) is 10.1. The van der Waals surface area contributed by atoms with Crippen molar-refractivity contribution in [3.63, 3.8) is 0 Å². The number of benzene rings is 1. The Bertz CT molecular complexity index is 1110. The Morgan fingerprint density at radius 2 is 2.06 bits per heavy atom. The van der Waals surface area contributed by atoms with Gasteiger partial charge in [-0.2, -0.15) is 8.70 Å². The number of oxime groups is 1. The smallest absolute Gasteiger partial charge is 0.280 e. The van der Waals surface area contributed by atoms with Crippen LogP contribution in [0.1, 0.15) is 18.2 Å². The molecule has 0 saturated heterocycles. The number of aliphatic hydroxyl groups excluding tert-OH is 1. The van der Waals surface area contributed by atoms with Crippen LogP contribution < -0.4 is 5.32 Å². The number of aromatic nitrogens is 2. The number of amides is 1. The Labute approximate surface area is 201 Å². The molecular weight excluding hydrogens is 485 g/mol. The summed E-state index contributed by atoms with van der Waals surface area (Å²) in [5, 5.41) is 15.2. The highest BCUT2D eigenvalue weighted by Gasteiger charge is 2.28. The summed E-state index contributed by atoms with van der Waals surface area (Å²) in [4.78, 5) is 26.4. The number of rotatable bonds is 11. The molecule has 1 atom stereocenters. The van der Waals surface area contributed by atoms with E-state index in [9.17, 15) is 18.8 Å². The predicted molar refractivity (Wildman–Crippen MR) is 129 cm³/mol. The van der Waals surface area contributed by atoms with Gasteiger partial charge >= 0.3 is 0 Å². The summed E-state index contributed by atoms with van der Waals surface area (Å²) >= 11 is 0.669. The molecule has 2 heterocycles. The maximum Gasteiger partial charge on any atom is 0.280 e. The number of thiazole rings is 1. The van der Waals surface area contributed by atoms with Crippen LogP contribution in [-0.2, 0) is 16.2 Å². The van der Waals surface area contributed by atoms with Crippen molar-refractivity contribution in [1.29, 1.82) is 0 Å². The van der Waals surface area contributed by atoms with Gasteiger partial charge in [0.2, 0.25) is 0 Å². The van der Waals surface area contributed by atoms with E-state index in [1.54, 1.807) is 31.3 Å². The second kappa shape index (κ2) is 12.0. The lowest BCUT2D eigenvalue weighted by Gasteiger charge is -2.37. The zero-order chi connectivity index (χ0) is 24.6. The maximum absolute atomic E-state index is 13.3. The van der Waals surface area contributed by atoms with Gasteiger partial charge in [0.1, 0.15) is 4.90 Å². The molecule has 1 aromatic carbocycles. The second-order valence-corrected chi connectivity index (χ2v) is 9.84. The summed E-state index contributed by atoms with van der Waals surface area (Å²) in [6.45, 7) is 2.13. The number of nitrogens with zero attached hydrogens (tertiary/aromatic N) is 4. The number of nitrogens with one attached hydrogen (secondary N) is 1. The topological polar surface area (TPSA) is 143 Å². The van der Waals surface area contributed by atoms with E-state index in [0.717, 1.165) is 6.20 Å². The molecule has 34 heavy (non-hydrogen) atoms. The highest BCUT2D eigenvalue weighted by molar-refractivity contribution is 8.22. The van der Waals surface area contributed by atoms with Gasteiger partial charge in [0, 0.05) is 24.8 Å². The molecule has 5 N–H and O–H groups in total. The van der Waals surface area contributed by atoms with E-state index < -0.39 is 21.8 Å². The van der Waals surface area contributed by atoms with E-state index >= 15 is 0 Å². The minimum absolute atomic E-state index is 0.0187. The fourth-order valence-corrected chi connectivity index (χ4v) is 4.95. The summed E-state index contributed by atoms with van der Waals surface area (Å²) in [6.07, 6.45) is 2.60.